The molecule has 2 aliphatic heterocycles. The molecule has 2 aliphatic rings. The molecule has 0 bridgehead atoms. The molecule has 0 spiro atoms. The van der Waals surface area contributed by atoms with Crippen LogP contribution in [0.5, 0.6) is 0 Å². The molecule has 6 rings (SSSR count). The Bertz CT molecular complexity index is 2080. The summed E-state index contributed by atoms with van der Waals surface area (Å²) in [6, 6.07) is 12.5. The minimum Gasteiger partial charge on any atom is -0.453 e. The second kappa shape index (κ2) is 22.1. The highest BCUT2D eigenvalue weighted by molar-refractivity contribution is 7.59. The first-order valence-corrected chi connectivity index (χ1v) is 18.3. The topological polar surface area (TPSA) is 172 Å². The molecule has 0 unspecified atom stereocenters. The number of rotatable bonds is 9. The highest BCUT2D eigenvalue weighted by Gasteiger charge is 2.39. The second-order valence-electron chi connectivity index (χ2n) is 14.3. The second-order valence-corrected chi connectivity index (χ2v) is 14.3. The van der Waals surface area contributed by atoms with Crippen molar-refractivity contribution in [3.63, 3.8) is 0 Å². The number of benzene rings is 2. The van der Waals surface area contributed by atoms with Gasteiger partial charge in [0.1, 0.15) is 17.7 Å². The van der Waals surface area contributed by atoms with Crippen molar-refractivity contribution in [2.24, 2.45) is 11.8 Å². The number of H-pyrrole nitrogens is 2. The Morgan fingerprint density at radius 3 is 1.98 bits per heavy atom. The number of nitrogens with zero attached hydrogens (tertiary/aromatic N) is 4. The van der Waals surface area contributed by atoms with Gasteiger partial charge in [0, 0.05) is 24.2 Å². The number of methoxy groups -OCH3 is 2. The number of likely N-dealkylation sites (tertiary alicyclic amines) is 2. The molecular weight excluding hydrogens is 819 g/mol. The molecule has 3 amide bonds. The minimum atomic E-state index is -0.947. The van der Waals surface area contributed by atoms with Crippen LogP contribution in [0.2, 0.25) is 0 Å². The van der Waals surface area contributed by atoms with E-state index in [0.29, 0.717) is 24.7 Å². The lowest BCUT2D eigenvalue weighted by Gasteiger charge is -2.30. The predicted octanol–water partition coefficient (Wildman–Crippen LogP) is 6.32. The number of aromatic amines is 2. The van der Waals surface area contributed by atoms with E-state index >= 15 is 0 Å². The van der Waals surface area contributed by atoms with Crippen LogP contribution in [-0.2, 0) is 23.8 Å². The maximum atomic E-state index is 13.5. The summed E-state index contributed by atoms with van der Waals surface area (Å²) in [5.74, 6) is 7.12. The zero-order chi connectivity index (χ0) is 38.5. The average Bonchev–Trinajstić information content (AvgIpc) is 4.00. The van der Waals surface area contributed by atoms with Crippen molar-refractivity contribution in [2.75, 3.05) is 27.3 Å². The van der Waals surface area contributed by atoms with Crippen LogP contribution in [0.25, 0.3) is 22.3 Å². The Hall–Kier alpha value is -4.44. The number of alkyl carbamates (subject to hydrolysis) is 1. The van der Waals surface area contributed by atoms with E-state index in [4.69, 9.17) is 14.5 Å². The van der Waals surface area contributed by atoms with Gasteiger partial charge in [0.15, 0.2) is 6.10 Å². The molecule has 4 aromatic rings. The van der Waals surface area contributed by atoms with Crippen LogP contribution in [0.4, 0.5) is 9.59 Å². The van der Waals surface area contributed by atoms with Crippen LogP contribution >= 0.6 is 54.0 Å². The van der Waals surface area contributed by atoms with Crippen LogP contribution in [-0.4, -0.2) is 93.3 Å². The van der Waals surface area contributed by atoms with Gasteiger partial charge in [0.05, 0.1) is 49.2 Å². The van der Waals surface area contributed by atoms with Gasteiger partial charge in [-0.25, -0.2) is 19.6 Å². The van der Waals surface area contributed by atoms with Crippen molar-refractivity contribution in [3.8, 4) is 23.1 Å². The van der Waals surface area contributed by atoms with E-state index in [1.165, 1.54) is 14.2 Å². The van der Waals surface area contributed by atoms with Gasteiger partial charge < -0.3 is 39.3 Å². The zero-order valence-electron chi connectivity index (χ0n) is 33.5. The molecule has 2 aromatic carbocycles. The Morgan fingerprint density at radius 2 is 1.38 bits per heavy atom. The van der Waals surface area contributed by atoms with Gasteiger partial charge in [-0.1, -0.05) is 51.7 Å². The molecule has 58 heavy (non-hydrogen) atoms. The minimum absolute atomic E-state index is 0. The van der Waals surface area contributed by atoms with E-state index in [0.717, 1.165) is 59.1 Å². The number of fused-ring (bicyclic) bond motifs is 1. The van der Waals surface area contributed by atoms with Crippen LogP contribution in [0.1, 0.15) is 88.2 Å². The summed E-state index contributed by atoms with van der Waals surface area (Å²) in [4.78, 5) is 70.5. The van der Waals surface area contributed by atoms with Crippen LogP contribution in [0.15, 0.2) is 48.7 Å². The molecular formula is C40H55N7O7S4. The molecule has 0 aliphatic carbocycles. The van der Waals surface area contributed by atoms with E-state index in [9.17, 15) is 19.2 Å². The molecule has 2 aromatic heterocycles. The average molecular weight is 874 g/mol. The molecule has 2 saturated heterocycles. The number of carbonyl (C=O) groups excluding carboxylic acids is 4. The monoisotopic (exact) mass is 873 g/mol. The lowest BCUT2D eigenvalue weighted by atomic mass is 10.0. The summed E-state index contributed by atoms with van der Waals surface area (Å²) in [7, 11) is 2.50. The Morgan fingerprint density at radius 1 is 0.776 bits per heavy atom. The van der Waals surface area contributed by atoms with Crippen molar-refractivity contribution in [1.82, 2.24) is 35.1 Å². The van der Waals surface area contributed by atoms with E-state index in [1.54, 1.807) is 16.0 Å². The van der Waals surface area contributed by atoms with Gasteiger partial charge >= 0.3 is 12.2 Å². The number of ether oxygens (including phenoxy) is 3. The Balaban J connectivity index is 0.00000290. The van der Waals surface area contributed by atoms with Crippen molar-refractivity contribution in [2.45, 2.75) is 77.6 Å². The zero-order valence-corrected chi connectivity index (χ0v) is 37.5. The number of carbonyl (C=O) groups is 4. The molecule has 2 fully saturated rings. The van der Waals surface area contributed by atoms with Crippen LogP contribution in [0.3, 0.4) is 0 Å². The standard InChI is InChI=1S/C40H47N7O7.4H2S/c1-23(2)33(45-39(50)52-5)37(48)46-19-7-9-31(46)35-41-22-30(44-35)27-16-13-25(14-17-27)11-12-26-15-18-28-29(21-26)43-36(42-28)32-10-8-20-47(32)38(49)34(24(3)4)54-40(51)53-6;;;;/h13-18,21-24,31-34H,7-10,19-20H2,1-6H3,(H,41,44)(H,42,43)(H,45,50);4*1H2/t31-,32-,33-,34-;;;;/m0..../s1. The third-order valence-electron chi connectivity index (χ3n) is 9.98. The number of amides is 3. The Labute approximate surface area is 367 Å². The van der Waals surface area contributed by atoms with Crippen molar-refractivity contribution >= 4 is 89.1 Å². The van der Waals surface area contributed by atoms with Crippen molar-refractivity contribution in [1.29, 1.82) is 0 Å². The third kappa shape index (κ3) is 11.2. The van der Waals surface area contributed by atoms with Gasteiger partial charge in [-0.2, -0.15) is 54.0 Å². The fourth-order valence-electron chi connectivity index (χ4n) is 7.09. The summed E-state index contributed by atoms with van der Waals surface area (Å²) in [6.45, 7) is 8.58. The van der Waals surface area contributed by atoms with Gasteiger partial charge in [-0.3, -0.25) is 9.59 Å². The number of hydrogen-bond acceptors (Lipinski definition) is 9. The SMILES string of the molecule is COC(=O)N[C@H](C(=O)N1CCC[C@H]1c1ncc(-c2ccc(C#Cc3ccc4nc([C@@H]5CCCN5C(=O)[C@@H](OC(=O)OC)C(C)C)[nH]c4c3)cc2)[nH]1)C(C)C.S.S.S.S. The largest absolute Gasteiger partial charge is 0.508 e. The van der Waals surface area contributed by atoms with Gasteiger partial charge in [0.2, 0.25) is 5.91 Å². The molecule has 4 heterocycles. The van der Waals surface area contributed by atoms with Gasteiger partial charge in [-0.05, 0) is 73.4 Å². The van der Waals surface area contributed by atoms with Crippen molar-refractivity contribution in [3.05, 3.63) is 71.4 Å². The lowest BCUT2D eigenvalue weighted by molar-refractivity contribution is -0.145. The molecule has 18 heteroatoms. The van der Waals surface area contributed by atoms with Crippen LogP contribution < -0.4 is 5.32 Å². The number of hydrogen-bond donors (Lipinski definition) is 3. The van der Waals surface area contributed by atoms with Gasteiger partial charge in [0.25, 0.3) is 5.91 Å². The van der Waals surface area contributed by atoms with Crippen LogP contribution in [0, 0.1) is 23.7 Å². The quantitative estimate of drug-likeness (QED) is 0.129. The summed E-state index contributed by atoms with van der Waals surface area (Å²) in [5.41, 5.74) is 4.99. The van der Waals surface area contributed by atoms with Crippen molar-refractivity contribution < 1.29 is 33.4 Å². The molecule has 3 N–H and O–H groups in total. The maximum absolute atomic E-state index is 13.5. The summed E-state index contributed by atoms with van der Waals surface area (Å²) in [6.07, 6.45) is 2.48. The van der Waals surface area contributed by atoms with E-state index in [2.05, 4.69) is 36.8 Å². The molecule has 14 nitrogen and oxygen atoms in total. The Kier molecular flexibility index (Phi) is 18.9. The normalized spacial score (nSPS) is 16.8. The summed E-state index contributed by atoms with van der Waals surface area (Å²) in [5, 5.41) is 2.68. The maximum Gasteiger partial charge on any atom is 0.508 e. The molecule has 4 atom stereocenters. The highest BCUT2D eigenvalue weighted by atomic mass is 32.1. The predicted molar refractivity (Wildman–Crippen MR) is 241 cm³/mol. The first kappa shape index (κ1) is 49.7. The number of nitrogens with one attached hydrogen (secondary N) is 3. The summed E-state index contributed by atoms with van der Waals surface area (Å²) >= 11 is 0. The number of imidazole rings is 2. The van der Waals surface area contributed by atoms with Gasteiger partial charge in [-0.15, -0.1) is 0 Å². The fourth-order valence-corrected chi connectivity index (χ4v) is 7.09. The van der Waals surface area contributed by atoms with E-state index < -0.39 is 24.4 Å². The summed E-state index contributed by atoms with van der Waals surface area (Å²) < 4.78 is 14.7. The first-order chi connectivity index (χ1) is 26.0. The molecule has 0 saturated carbocycles. The molecule has 0 radical (unpaired) electrons. The first-order valence-electron chi connectivity index (χ1n) is 18.3. The smallest absolute Gasteiger partial charge is 0.453 e. The van der Waals surface area contributed by atoms with E-state index in [-0.39, 0.29) is 89.7 Å². The highest BCUT2D eigenvalue weighted by Crippen LogP contribution is 2.34. The number of aromatic nitrogens is 4. The fraction of sp³-hybridized carbons (Fsp3) is 0.450. The lowest BCUT2D eigenvalue weighted by Crippen LogP contribution is -2.51. The third-order valence-corrected chi connectivity index (χ3v) is 9.98. The molecule has 316 valence electrons. The van der Waals surface area contributed by atoms with E-state index in [1.807, 2.05) is 70.2 Å².